The van der Waals surface area contributed by atoms with Crippen molar-refractivity contribution >= 4 is 10.0 Å². The second kappa shape index (κ2) is 5.24. The highest BCUT2D eigenvalue weighted by Crippen LogP contribution is 2.23. The third kappa shape index (κ3) is 2.69. The van der Waals surface area contributed by atoms with E-state index in [0.29, 0.717) is 30.6 Å². The Morgan fingerprint density at radius 3 is 2.63 bits per heavy atom. The van der Waals surface area contributed by atoms with Gasteiger partial charge in [-0.25, -0.2) is 8.42 Å². The molecule has 0 bridgehead atoms. The number of aromatic nitrogens is 1. The van der Waals surface area contributed by atoms with Crippen molar-refractivity contribution in [2.45, 2.75) is 23.9 Å². The third-order valence-corrected chi connectivity index (χ3v) is 5.62. The van der Waals surface area contributed by atoms with Crippen molar-refractivity contribution in [2.75, 3.05) is 27.2 Å². The molecule has 1 fully saturated rings. The lowest BCUT2D eigenvalue weighted by atomic mass is 10.2. The van der Waals surface area contributed by atoms with E-state index in [-0.39, 0.29) is 0 Å². The van der Waals surface area contributed by atoms with Gasteiger partial charge in [-0.3, -0.25) is 0 Å². The van der Waals surface area contributed by atoms with Gasteiger partial charge in [0.15, 0.2) is 0 Å². The molecule has 1 aromatic heterocycles. The van der Waals surface area contributed by atoms with Crippen LogP contribution in [0.4, 0.5) is 0 Å². The molecule has 0 amide bonds. The Morgan fingerprint density at radius 1 is 1.47 bits per heavy atom. The first-order valence-electron chi connectivity index (χ1n) is 6.38. The van der Waals surface area contributed by atoms with E-state index in [9.17, 15) is 8.42 Å². The Kier molecular flexibility index (Phi) is 4.00. The van der Waals surface area contributed by atoms with Crippen LogP contribution < -0.4 is 5.73 Å². The molecule has 6 nitrogen and oxygen atoms in total. The average molecular weight is 286 g/mol. The normalized spacial score (nSPS) is 21.4. The molecule has 0 radical (unpaired) electrons. The lowest BCUT2D eigenvalue weighted by Crippen LogP contribution is -2.34. The van der Waals surface area contributed by atoms with Crippen LogP contribution in [-0.2, 0) is 23.6 Å². The van der Waals surface area contributed by atoms with Gasteiger partial charge in [0.1, 0.15) is 4.90 Å². The van der Waals surface area contributed by atoms with Gasteiger partial charge in [-0.1, -0.05) is 0 Å². The molecule has 0 aliphatic carbocycles. The van der Waals surface area contributed by atoms with Crippen LogP contribution in [0, 0.1) is 0 Å². The number of nitrogens with two attached hydrogens (primary N) is 1. The van der Waals surface area contributed by atoms with Crippen molar-refractivity contribution in [3.8, 4) is 0 Å². The number of nitrogens with zero attached hydrogens (tertiary/aromatic N) is 3. The number of aryl methyl sites for hydroxylation is 1. The molecule has 2 heterocycles. The van der Waals surface area contributed by atoms with Gasteiger partial charge < -0.3 is 15.2 Å². The van der Waals surface area contributed by atoms with Gasteiger partial charge in [-0.05, 0) is 26.6 Å². The maximum Gasteiger partial charge on any atom is 0.244 e. The van der Waals surface area contributed by atoms with Crippen molar-refractivity contribution in [2.24, 2.45) is 12.8 Å². The van der Waals surface area contributed by atoms with Crippen LogP contribution >= 0.6 is 0 Å². The summed E-state index contributed by atoms with van der Waals surface area (Å²) in [5.41, 5.74) is 6.41. The minimum Gasteiger partial charge on any atom is -0.352 e. The van der Waals surface area contributed by atoms with E-state index in [2.05, 4.69) is 4.90 Å². The molecular weight excluding hydrogens is 264 g/mol. The number of likely N-dealkylation sites (N-methyl/N-ethyl adjacent to an activating group) is 1. The topological polar surface area (TPSA) is 71.6 Å². The Balaban J connectivity index is 2.23. The van der Waals surface area contributed by atoms with Crippen LogP contribution in [-0.4, -0.2) is 55.4 Å². The smallest absolute Gasteiger partial charge is 0.244 e. The van der Waals surface area contributed by atoms with Crippen LogP contribution in [0.25, 0.3) is 0 Å². The molecule has 1 aliphatic heterocycles. The lowest BCUT2D eigenvalue weighted by Gasteiger charge is -2.19. The second-order valence-corrected chi connectivity index (χ2v) is 7.19. The zero-order chi connectivity index (χ0) is 14.2. The van der Waals surface area contributed by atoms with Gasteiger partial charge in [0, 0.05) is 44.6 Å². The molecule has 1 aromatic rings. The first kappa shape index (κ1) is 14.5. The van der Waals surface area contributed by atoms with Crippen LogP contribution in [0.15, 0.2) is 17.2 Å². The van der Waals surface area contributed by atoms with Crippen LogP contribution in [0.1, 0.15) is 12.1 Å². The van der Waals surface area contributed by atoms with Gasteiger partial charge in [0.05, 0.1) is 0 Å². The largest absolute Gasteiger partial charge is 0.352 e. The summed E-state index contributed by atoms with van der Waals surface area (Å²) in [6, 6.07) is 1.96. The molecule has 2 rings (SSSR count). The maximum atomic E-state index is 12.5. The average Bonchev–Trinajstić information content (AvgIpc) is 2.95. The standard InChI is InChI=1S/C12H22N4O2S/c1-14(2)10-4-5-16(8-10)19(17,18)12-6-11(7-13)15(3)9-12/h6,9-10H,4-5,7-8,13H2,1-3H3. The molecule has 19 heavy (non-hydrogen) atoms. The van der Waals surface area contributed by atoms with Gasteiger partial charge in [-0.15, -0.1) is 0 Å². The van der Waals surface area contributed by atoms with E-state index in [0.717, 1.165) is 12.1 Å². The summed E-state index contributed by atoms with van der Waals surface area (Å²) in [5, 5.41) is 0. The number of hydrogen-bond acceptors (Lipinski definition) is 4. The van der Waals surface area contributed by atoms with E-state index < -0.39 is 10.0 Å². The molecule has 7 heteroatoms. The summed E-state index contributed by atoms with van der Waals surface area (Å²) in [6.45, 7) is 1.48. The lowest BCUT2D eigenvalue weighted by molar-refractivity contribution is 0.302. The van der Waals surface area contributed by atoms with Crippen molar-refractivity contribution in [1.29, 1.82) is 0 Å². The van der Waals surface area contributed by atoms with E-state index in [1.54, 1.807) is 21.1 Å². The van der Waals surface area contributed by atoms with Crippen molar-refractivity contribution < 1.29 is 8.42 Å². The summed E-state index contributed by atoms with van der Waals surface area (Å²) in [5.74, 6) is 0. The minimum absolute atomic E-state index is 0.299. The predicted molar refractivity (Wildman–Crippen MR) is 74.2 cm³/mol. The molecule has 1 aliphatic rings. The number of sulfonamides is 1. The fraction of sp³-hybridized carbons (Fsp3) is 0.667. The molecule has 1 saturated heterocycles. The summed E-state index contributed by atoms with van der Waals surface area (Å²) >= 11 is 0. The van der Waals surface area contributed by atoms with Crippen molar-refractivity contribution in [3.05, 3.63) is 18.0 Å². The van der Waals surface area contributed by atoms with E-state index in [1.807, 2.05) is 21.1 Å². The monoisotopic (exact) mass is 286 g/mol. The number of hydrogen-bond donors (Lipinski definition) is 1. The Morgan fingerprint density at radius 2 is 2.16 bits per heavy atom. The fourth-order valence-electron chi connectivity index (χ4n) is 2.42. The summed E-state index contributed by atoms with van der Waals surface area (Å²) in [6.07, 6.45) is 2.52. The first-order valence-corrected chi connectivity index (χ1v) is 7.82. The third-order valence-electron chi connectivity index (χ3n) is 3.79. The fourth-order valence-corrected chi connectivity index (χ4v) is 4.01. The minimum atomic E-state index is -3.39. The number of rotatable bonds is 4. The van der Waals surface area contributed by atoms with E-state index in [4.69, 9.17) is 5.73 Å². The zero-order valence-corrected chi connectivity index (χ0v) is 12.5. The highest BCUT2D eigenvalue weighted by molar-refractivity contribution is 7.89. The highest BCUT2D eigenvalue weighted by Gasteiger charge is 2.34. The van der Waals surface area contributed by atoms with Crippen LogP contribution in [0.3, 0.4) is 0 Å². The molecule has 0 saturated carbocycles. The van der Waals surface area contributed by atoms with Crippen molar-refractivity contribution in [3.63, 3.8) is 0 Å². The molecule has 2 N–H and O–H groups in total. The molecule has 1 atom stereocenters. The molecule has 0 aromatic carbocycles. The molecule has 0 spiro atoms. The van der Waals surface area contributed by atoms with Gasteiger partial charge in [0.25, 0.3) is 0 Å². The van der Waals surface area contributed by atoms with Gasteiger partial charge in [0.2, 0.25) is 10.0 Å². The van der Waals surface area contributed by atoms with Gasteiger partial charge in [-0.2, -0.15) is 4.31 Å². The Labute approximate surface area is 114 Å². The van der Waals surface area contributed by atoms with Crippen LogP contribution in [0.5, 0.6) is 0 Å². The zero-order valence-electron chi connectivity index (χ0n) is 11.7. The van der Waals surface area contributed by atoms with E-state index >= 15 is 0 Å². The molecule has 108 valence electrons. The quantitative estimate of drug-likeness (QED) is 0.833. The first-order chi connectivity index (χ1) is 8.86. The van der Waals surface area contributed by atoms with Crippen molar-refractivity contribution in [1.82, 2.24) is 13.8 Å². The summed E-state index contributed by atoms with van der Waals surface area (Å²) in [4.78, 5) is 2.42. The molecular formula is C12H22N4O2S. The highest BCUT2D eigenvalue weighted by atomic mass is 32.2. The maximum absolute atomic E-state index is 12.5. The van der Waals surface area contributed by atoms with Gasteiger partial charge >= 0.3 is 0 Å². The van der Waals surface area contributed by atoms with E-state index in [1.165, 1.54) is 0 Å². The summed E-state index contributed by atoms with van der Waals surface area (Å²) < 4.78 is 28.4. The SMILES string of the molecule is CN(C)C1CCN(S(=O)(=O)c2cc(CN)n(C)c2)C1. The second-order valence-electron chi connectivity index (χ2n) is 5.25. The summed E-state index contributed by atoms with van der Waals surface area (Å²) in [7, 11) is 2.39. The van der Waals surface area contributed by atoms with Crippen LogP contribution in [0.2, 0.25) is 0 Å². The molecule has 1 unspecified atom stereocenters. The Hall–Kier alpha value is -0.890. The Bertz CT molecular complexity index is 550. The predicted octanol–water partition coefficient (Wildman–Crippen LogP) is -0.192.